The lowest BCUT2D eigenvalue weighted by Gasteiger charge is -2.31. The van der Waals surface area contributed by atoms with E-state index >= 15 is 0 Å². The highest BCUT2D eigenvalue weighted by Gasteiger charge is 2.21. The van der Waals surface area contributed by atoms with Gasteiger partial charge in [-0.1, -0.05) is 11.3 Å². The highest BCUT2D eigenvalue weighted by Crippen LogP contribution is 2.33. The minimum Gasteiger partial charge on any atom is -0.348 e. The van der Waals surface area contributed by atoms with E-state index in [0.29, 0.717) is 11.6 Å². The van der Waals surface area contributed by atoms with Gasteiger partial charge in [-0.2, -0.15) is 5.10 Å². The topological polar surface area (TPSA) is 58.9 Å². The van der Waals surface area contributed by atoms with Crippen molar-refractivity contribution >= 4 is 50.0 Å². The first kappa shape index (κ1) is 20.0. The third kappa shape index (κ3) is 3.68. The second kappa shape index (κ2) is 7.85. The van der Waals surface area contributed by atoms with E-state index in [2.05, 4.69) is 27.3 Å². The van der Waals surface area contributed by atoms with E-state index in [1.54, 1.807) is 29.3 Å². The molecule has 0 radical (unpaired) electrons. The van der Waals surface area contributed by atoms with Crippen molar-refractivity contribution in [3.8, 4) is 11.3 Å². The van der Waals surface area contributed by atoms with E-state index in [1.165, 1.54) is 6.07 Å². The molecular weight excluding hydrogens is 411 g/mol. The number of thiazole rings is 1. The molecule has 0 atom stereocenters. The summed E-state index contributed by atoms with van der Waals surface area (Å²) in [6, 6.07) is 5.95. The van der Waals surface area contributed by atoms with Gasteiger partial charge in [-0.15, -0.1) is 12.4 Å². The zero-order chi connectivity index (χ0) is 19.3. The minimum atomic E-state index is -0.328. The zero-order valence-electron chi connectivity index (χ0n) is 16.2. The predicted molar refractivity (Wildman–Crippen MR) is 119 cm³/mol. The zero-order valence-corrected chi connectivity index (χ0v) is 17.9. The van der Waals surface area contributed by atoms with E-state index in [0.717, 1.165) is 57.9 Å². The summed E-state index contributed by atoms with van der Waals surface area (Å²) < 4.78 is 17.1. The summed E-state index contributed by atoms with van der Waals surface area (Å²) in [6.45, 7) is 2.10. The molecule has 3 aromatic heterocycles. The van der Waals surface area contributed by atoms with Crippen LogP contribution in [0.4, 0.5) is 9.52 Å². The molecule has 4 aromatic rings. The molecule has 29 heavy (non-hydrogen) atoms. The number of anilines is 1. The first-order valence-electron chi connectivity index (χ1n) is 9.42. The van der Waals surface area contributed by atoms with Crippen LogP contribution >= 0.6 is 23.7 Å². The Labute approximate surface area is 178 Å². The standard InChI is InChI=1S/C20H21FN6S.ClH/c1-26-11-13-7-12(8-15(21)19(13)25-26)16-9-18-17(10-23-16)24-20(28-18)27(2)14-3-5-22-6-4-14;/h7-11,14,22H,3-6H2,1-2H3;1H. The molecule has 0 saturated carbocycles. The van der Waals surface area contributed by atoms with E-state index in [-0.39, 0.29) is 18.2 Å². The number of piperidine rings is 1. The van der Waals surface area contributed by atoms with E-state index in [1.807, 2.05) is 18.3 Å². The Kier molecular flexibility index (Phi) is 5.42. The monoisotopic (exact) mass is 432 g/mol. The SMILES string of the molecule is CN(c1nc2cnc(-c3cc(F)c4nn(C)cc4c3)cc2s1)C1CCNCC1.Cl. The first-order chi connectivity index (χ1) is 13.6. The lowest BCUT2D eigenvalue weighted by molar-refractivity contribution is 0.443. The first-order valence-corrected chi connectivity index (χ1v) is 10.2. The third-order valence-corrected chi connectivity index (χ3v) is 6.50. The summed E-state index contributed by atoms with van der Waals surface area (Å²) in [4.78, 5) is 11.6. The van der Waals surface area contributed by atoms with Gasteiger partial charge in [0.05, 0.1) is 16.6 Å². The van der Waals surface area contributed by atoms with Crippen LogP contribution in [0.1, 0.15) is 12.8 Å². The summed E-state index contributed by atoms with van der Waals surface area (Å²) in [5.41, 5.74) is 2.77. The summed E-state index contributed by atoms with van der Waals surface area (Å²) in [5, 5.41) is 9.35. The van der Waals surface area contributed by atoms with Crippen LogP contribution in [0.25, 0.3) is 32.4 Å². The van der Waals surface area contributed by atoms with Gasteiger partial charge in [0.25, 0.3) is 0 Å². The number of benzene rings is 1. The number of aryl methyl sites for hydroxylation is 1. The maximum atomic E-state index is 14.5. The molecule has 9 heteroatoms. The van der Waals surface area contributed by atoms with Crippen LogP contribution in [0.3, 0.4) is 0 Å². The fourth-order valence-corrected chi connectivity index (χ4v) is 4.85. The van der Waals surface area contributed by atoms with E-state index in [4.69, 9.17) is 4.98 Å². The van der Waals surface area contributed by atoms with Crippen molar-refractivity contribution in [1.29, 1.82) is 0 Å². The van der Waals surface area contributed by atoms with Gasteiger partial charge in [-0.05, 0) is 44.1 Å². The van der Waals surface area contributed by atoms with Crippen LogP contribution < -0.4 is 10.2 Å². The van der Waals surface area contributed by atoms with Gasteiger partial charge >= 0.3 is 0 Å². The molecule has 6 nitrogen and oxygen atoms in total. The number of nitrogens with one attached hydrogen (secondary N) is 1. The van der Waals surface area contributed by atoms with Crippen molar-refractivity contribution in [2.75, 3.05) is 25.0 Å². The van der Waals surface area contributed by atoms with Crippen molar-refractivity contribution in [3.63, 3.8) is 0 Å². The highest BCUT2D eigenvalue weighted by atomic mass is 35.5. The van der Waals surface area contributed by atoms with Crippen molar-refractivity contribution in [2.24, 2.45) is 7.05 Å². The predicted octanol–water partition coefficient (Wildman–Crippen LogP) is 3.99. The molecule has 1 N–H and O–H groups in total. The molecular formula is C20H22ClFN6S. The molecule has 0 amide bonds. The largest absolute Gasteiger partial charge is 0.348 e. The van der Waals surface area contributed by atoms with Gasteiger partial charge < -0.3 is 10.2 Å². The smallest absolute Gasteiger partial charge is 0.186 e. The van der Waals surface area contributed by atoms with Crippen molar-refractivity contribution in [3.05, 3.63) is 36.4 Å². The molecule has 0 spiro atoms. The van der Waals surface area contributed by atoms with E-state index in [9.17, 15) is 4.39 Å². The highest BCUT2D eigenvalue weighted by molar-refractivity contribution is 7.22. The van der Waals surface area contributed by atoms with Crippen LogP contribution in [-0.4, -0.2) is 45.9 Å². The minimum absolute atomic E-state index is 0. The Bertz CT molecular complexity index is 1170. The van der Waals surface area contributed by atoms with Crippen molar-refractivity contribution in [1.82, 2.24) is 25.1 Å². The average Bonchev–Trinajstić information content (AvgIpc) is 3.30. The summed E-state index contributed by atoms with van der Waals surface area (Å²) in [7, 11) is 3.91. The Morgan fingerprint density at radius 3 is 2.83 bits per heavy atom. The second-order valence-corrected chi connectivity index (χ2v) is 8.33. The maximum Gasteiger partial charge on any atom is 0.186 e. The molecule has 0 aliphatic carbocycles. The van der Waals surface area contributed by atoms with Gasteiger partial charge in [0.2, 0.25) is 0 Å². The summed E-state index contributed by atoms with van der Waals surface area (Å²) >= 11 is 1.66. The van der Waals surface area contributed by atoms with Crippen LogP contribution in [-0.2, 0) is 7.05 Å². The van der Waals surface area contributed by atoms with Crippen LogP contribution in [0, 0.1) is 5.82 Å². The molecule has 1 fully saturated rings. The molecule has 4 heterocycles. The van der Waals surface area contributed by atoms with Gasteiger partial charge in [0.1, 0.15) is 11.0 Å². The summed E-state index contributed by atoms with van der Waals surface area (Å²) in [5.74, 6) is -0.328. The van der Waals surface area contributed by atoms with Gasteiger partial charge in [0, 0.05) is 37.3 Å². The second-order valence-electron chi connectivity index (χ2n) is 7.32. The average molecular weight is 433 g/mol. The van der Waals surface area contributed by atoms with Gasteiger partial charge in [-0.3, -0.25) is 9.67 Å². The lowest BCUT2D eigenvalue weighted by atomic mass is 10.1. The van der Waals surface area contributed by atoms with Crippen LogP contribution in [0.2, 0.25) is 0 Å². The molecule has 1 aromatic carbocycles. The molecule has 0 unspecified atom stereocenters. The Morgan fingerprint density at radius 2 is 2.03 bits per heavy atom. The molecule has 1 aliphatic heterocycles. The Morgan fingerprint density at radius 1 is 1.24 bits per heavy atom. The molecule has 0 bridgehead atoms. The van der Waals surface area contributed by atoms with Crippen molar-refractivity contribution < 1.29 is 4.39 Å². The number of hydrogen-bond acceptors (Lipinski definition) is 6. The maximum absolute atomic E-state index is 14.5. The van der Waals surface area contributed by atoms with Crippen LogP contribution in [0.5, 0.6) is 0 Å². The number of fused-ring (bicyclic) bond motifs is 2. The van der Waals surface area contributed by atoms with Gasteiger partial charge in [0.15, 0.2) is 10.9 Å². The number of aromatic nitrogens is 4. The van der Waals surface area contributed by atoms with Crippen LogP contribution in [0.15, 0.2) is 30.6 Å². The number of nitrogens with zero attached hydrogens (tertiary/aromatic N) is 5. The van der Waals surface area contributed by atoms with E-state index < -0.39 is 0 Å². The fraction of sp³-hybridized carbons (Fsp3) is 0.350. The molecule has 1 aliphatic rings. The summed E-state index contributed by atoms with van der Waals surface area (Å²) in [6.07, 6.45) is 5.85. The Hall–Kier alpha value is -2.29. The molecule has 5 rings (SSSR count). The number of pyridine rings is 1. The van der Waals surface area contributed by atoms with Gasteiger partial charge in [-0.25, -0.2) is 9.37 Å². The Balaban J connectivity index is 0.00000205. The molecule has 152 valence electrons. The molecule has 1 saturated heterocycles. The fourth-order valence-electron chi connectivity index (χ4n) is 3.84. The lowest BCUT2D eigenvalue weighted by Crippen LogP contribution is -2.41. The number of halogens is 2. The quantitative estimate of drug-likeness (QED) is 0.530. The van der Waals surface area contributed by atoms with Crippen molar-refractivity contribution in [2.45, 2.75) is 18.9 Å². The third-order valence-electron chi connectivity index (χ3n) is 5.39. The number of hydrogen-bond donors (Lipinski definition) is 1. The number of rotatable bonds is 3. The normalized spacial score (nSPS) is 15.0.